The van der Waals surface area contributed by atoms with E-state index in [1.807, 2.05) is 0 Å². The normalized spacial score (nSPS) is 15.2. The first-order chi connectivity index (χ1) is 12.6. The zero-order chi connectivity index (χ0) is 18.1. The number of carbonyl (C=O) groups excluding carboxylic acids is 3. The third-order valence-electron chi connectivity index (χ3n) is 4.56. The van der Waals surface area contributed by atoms with Crippen molar-refractivity contribution in [1.82, 2.24) is 25.4 Å². The number of imide groups is 1. The molecule has 3 heterocycles. The molecular weight excluding hydrogens is 336 g/mol. The van der Waals surface area contributed by atoms with Crippen molar-refractivity contribution in [2.24, 2.45) is 0 Å². The van der Waals surface area contributed by atoms with Gasteiger partial charge < -0.3 is 15.2 Å². The Kier molecular flexibility index (Phi) is 4.11. The molecule has 4 rings (SSSR count). The molecule has 0 saturated heterocycles. The number of anilines is 1. The van der Waals surface area contributed by atoms with Gasteiger partial charge in [-0.3, -0.25) is 14.9 Å². The minimum Gasteiger partial charge on any atom is -0.337 e. The summed E-state index contributed by atoms with van der Waals surface area (Å²) in [7, 11) is 0. The lowest BCUT2D eigenvalue weighted by molar-refractivity contribution is 0.0879. The Bertz CT molecular complexity index is 904. The number of rotatable bonds is 4. The van der Waals surface area contributed by atoms with Crippen LogP contribution in [-0.4, -0.2) is 39.2 Å². The van der Waals surface area contributed by atoms with Crippen LogP contribution in [0.1, 0.15) is 45.2 Å². The number of benzene rings is 1. The summed E-state index contributed by atoms with van der Waals surface area (Å²) in [6, 6.07) is 4.22. The third kappa shape index (κ3) is 3.03. The van der Waals surface area contributed by atoms with Crippen LogP contribution < -0.4 is 16.0 Å². The molecular formula is C17H18N6O3. The van der Waals surface area contributed by atoms with Gasteiger partial charge >= 0.3 is 6.03 Å². The van der Waals surface area contributed by atoms with E-state index >= 15 is 0 Å². The van der Waals surface area contributed by atoms with Crippen LogP contribution in [0, 0.1) is 0 Å². The van der Waals surface area contributed by atoms with Gasteiger partial charge in [0.1, 0.15) is 11.6 Å². The molecule has 1 aromatic heterocycles. The van der Waals surface area contributed by atoms with Crippen molar-refractivity contribution in [3.63, 3.8) is 0 Å². The van der Waals surface area contributed by atoms with Crippen LogP contribution in [-0.2, 0) is 19.4 Å². The van der Waals surface area contributed by atoms with E-state index in [4.69, 9.17) is 0 Å². The molecule has 26 heavy (non-hydrogen) atoms. The van der Waals surface area contributed by atoms with Crippen LogP contribution in [0.2, 0.25) is 0 Å². The first-order valence-electron chi connectivity index (χ1n) is 8.57. The predicted octanol–water partition coefficient (Wildman–Crippen LogP) is 0.862. The maximum atomic E-state index is 12.0. The minimum atomic E-state index is -0.453. The number of fused-ring (bicyclic) bond motifs is 2. The lowest BCUT2D eigenvalue weighted by Gasteiger charge is -2.14. The number of amides is 4. The van der Waals surface area contributed by atoms with E-state index in [9.17, 15) is 14.4 Å². The summed E-state index contributed by atoms with van der Waals surface area (Å²) in [6.07, 6.45) is 3.82. The maximum Gasteiger partial charge on any atom is 0.319 e. The molecule has 0 radical (unpaired) electrons. The van der Waals surface area contributed by atoms with Crippen molar-refractivity contribution in [3.05, 3.63) is 41.0 Å². The summed E-state index contributed by atoms with van der Waals surface area (Å²) in [5.74, 6) is 1.03. The predicted molar refractivity (Wildman–Crippen MR) is 91.9 cm³/mol. The molecule has 9 nitrogen and oxygen atoms in total. The van der Waals surface area contributed by atoms with E-state index in [0.29, 0.717) is 24.2 Å². The summed E-state index contributed by atoms with van der Waals surface area (Å²) < 4.78 is 2.12. The topological polar surface area (TPSA) is 118 Å². The monoisotopic (exact) mass is 354 g/mol. The van der Waals surface area contributed by atoms with Crippen LogP contribution in [0.5, 0.6) is 0 Å². The number of hydrogen-bond donors (Lipinski definition) is 3. The summed E-state index contributed by atoms with van der Waals surface area (Å²) in [6.45, 7) is 1.35. The molecule has 2 aromatic rings. The van der Waals surface area contributed by atoms with Crippen molar-refractivity contribution in [1.29, 1.82) is 0 Å². The van der Waals surface area contributed by atoms with E-state index in [2.05, 4.69) is 30.7 Å². The first kappa shape index (κ1) is 16.2. The van der Waals surface area contributed by atoms with Gasteiger partial charge in [0.2, 0.25) is 0 Å². The first-order valence-corrected chi connectivity index (χ1v) is 8.57. The smallest absolute Gasteiger partial charge is 0.319 e. The molecule has 0 spiro atoms. The summed E-state index contributed by atoms with van der Waals surface area (Å²) >= 11 is 0. The largest absolute Gasteiger partial charge is 0.337 e. The van der Waals surface area contributed by atoms with Crippen LogP contribution in [0.15, 0.2) is 18.2 Å². The Morgan fingerprint density at radius 1 is 1.15 bits per heavy atom. The van der Waals surface area contributed by atoms with Crippen molar-refractivity contribution in [3.8, 4) is 0 Å². The Labute approximate surface area is 149 Å². The minimum absolute atomic E-state index is 0.267. The zero-order valence-corrected chi connectivity index (χ0v) is 14.0. The third-order valence-corrected chi connectivity index (χ3v) is 4.56. The maximum absolute atomic E-state index is 12.0. The average molecular weight is 354 g/mol. The lowest BCUT2D eigenvalue weighted by atomic mass is 10.1. The quantitative estimate of drug-likeness (QED) is 0.704. The highest BCUT2D eigenvalue weighted by molar-refractivity contribution is 6.22. The highest BCUT2D eigenvalue weighted by Gasteiger charge is 2.26. The fraction of sp³-hybridized carbons (Fsp3) is 0.353. The fourth-order valence-electron chi connectivity index (χ4n) is 3.26. The number of urea groups is 1. The van der Waals surface area contributed by atoms with Crippen LogP contribution in [0.25, 0.3) is 0 Å². The van der Waals surface area contributed by atoms with Gasteiger partial charge in [-0.25, -0.2) is 4.79 Å². The van der Waals surface area contributed by atoms with E-state index < -0.39 is 11.8 Å². The number of nitrogens with one attached hydrogen (secondary N) is 3. The fourth-order valence-corrected chi connectivity index (χ4v) is 3.26. The van der Waals surface area contributed by atoms with Crippen molar-refractivity contribution >= 4 is 23.5 Å². The van der Waals surface area contributed by atoms with E-state index in [-0.39, 0.29) is 11.6 Å². The van der Waals surface area contributed by atoms with Gasteiger partial charge in [-0.2, -0.15) is 0 Å². The SMILES string of the molecule is O=C(NCCc1nnc2n1CCCC2)Nc1ccc2c(c1)C(=O)NC2=O. The number of carbonyl (C=O) groups is 3. The number of nitrogens with zero attached hydrogens (tertiary/aromatic N) is 3. The number of aryl methyl sites for hydroxylation is 1. The second kappa shape index (κ2) is 6.58. The van der Waals surface area contributed by atoms with E-state index in [1.54, 1.807) is 6.07 Å². The summed E-state index contributed by atoms with van der Waals surface area (Å²) in [5.41, 5.74) is 1.03. The lowest BCUT2D eigenvalue weighted by Crippen LogP contribution is -2.31. The van der Waals surface area contributed by atoms with Gasteiger partial charge in [0.25, 0.3) is 11.8 Å². The van der Waals surface area contributed by atoms with Crippen LogP contribution in [0.3, 0.4) is 0 Å². The molecule has 0 atom stereocenters. The van der Waals surface area contributed by atoms with E-state index in [0.717, 1.165) is 37.5 Å². The molecule has 3 N–H and O–H groups in total. The molecule has 4 amide bonds. The highest BCUT2D eigenvalue weighted by Crippen LogP contribution is 2.20. The number of aromatic nitrogens is 3. The van der Waals surface area contributed by atoms with Gasteiger partial charge in [-0.05, 0) is 31.0 Å². The standard InChI is InChI=1S/C17H18N6O3/c24-15-11-5-4-10(9-12(11)16(25)20-15)19-17(26)18-7-6-14-22-21-13-3-1-2-8-23(13)14/h4-5,9H,1-3,6-8H2,(H2,18,19,26)(H,20,24,25). The summed E-state index contributed by atoms with van der Waals surface area (Å²) in [4.78, 5) is 35.2. The molecule has 1 aromatic carbocycles. The molecule has 2 aliphatic heterocycles. The molecule has 134 valence electrons. The van der Waals surface area contributed by atoms with Crippen LogP contribution >= 0.6 is 0 Å². The highest BCUT2D eigenvalue weighted by atomic mass is 16.2. The summed E-state index contributed by atoms with van der Waals surface area (Å²) in [5, 5.41) is 16.0. The second-order valence-corrected chi connectivity index (χ2v) is 6.32. The van der Waals surface area contributed by atoms with E-state index in [1.165, 1.54) is 12.1 Å². The van der Waals surface area contributed by atoms with Crippen molar-refractivity contribution in [2.75, 3.05) is 11.9 Å². The molecule has 2 aliphatic rings. The number of hydrogen-bond acceptors (Lipinski definition) is 5. The van der Waals surface area contributed by atoms with Gasteiger partial charge in [0.05, 0.1) is 11.1 Å². The van der Waals surface area contributed by atoms with Crippen molar-refractivity contribution < 1.29 is 14.4 Å². The molecule has 0 aliphatic carbocycles. The molecule has 0 saturated carbocycles. The van der Waals surface area contributed by atoms with Gasteiger partial charge in [0.15, 0.2) is 0 Å². The van der Waals surface area contributed by atoms with Crippen molar-refractivity contribution in [2.45, 2.75) is 32.2 Å². The Morgan fingerprint density at radius 2 is 2.00 bits per heavy atom. The Hall–Kier alpha value is -3.23. The molecule has 0 bridgehead atoms. The average Bonchev–Trinajstić information content (AvgIpc) is 3.16. The Balaban J connectivity index is 1.32. The van der Waals surface area contributed by atoms with Gasteiger partial charge in [-0.15, -0.1) is 10.2 Å². The zero-order valence-electron chi connectivity index (χ0n) is 14.0. The Morgan fingerprint density at radius 3 is 2.88 bits per heavy atom. The molecule has 0 unspecified atom stereocenters. The van der Waals surface area contributed by atoms with Gasteiger partial charge in [0, 0.05) is 31.6 Å². The van der Waals surface area contributed by atoms with Crippen LogP contribution in [0.4, 0.5) is 10.5 Å². The van der Waals surface area contributed by atoms with Gasteiger partial charge in [-0.1, -0.05) is 0 Å². The molecule has 0 fully saturated rings. The molecule has 9 heteroatoms. The second-order valence-electron chi connectivity index (χ2n) is 6.32.